The summed E-state index contributed by atoms with van der Waals surface area (Å²) in [5.74, 6) is 0. The lowest BCUT2D eigenvalue weighted by molar-refractivity contribution is 0.594. The van der Waals surface area contributed by atoms with Crippen LogP contribution in [-0.2, 0) is 4.57 Å². The fourth-order valence-corrected chi connectivity index (χ4v) is 5.67. The minimum Gasteiger partial charge on any atom is -0.343 e. The quantitative estimate of drug-likeness (QED) is 0.520. The van der Waals surface area contributed by atoms with E-state index in [1.807, 2.05) is 78.9 Å². The van der Waals surface area contributed by atoms with E-state index in [1.54, 1.807) is 0 Å². The summed E-state index contributed by atoms with van der Waals surface area (Å²) in [6.45, 7) is 4.12. The Labute approximate surface area is 154 Å². The van der Waals surface area contributed by atoms with Gasteiger partial charge >= 0.3 is 0 Å². The molecule has 1 N–H and O–H groups in total. The van der Waals surface area contributed by atoms with Crippen LogP contribution in [0.1, 0.15) is 11.1 Å². The molecule has 0 aliphatic heterocycles. The van der Waals surface area contributed by atoms with Crippen LogP contribution in [0.25, 0.3) is 0 Å². The van der Waals surface area contributed by atoms with E-state index in [0.717, 1.165) is 16.3 Å². The zero-order valence-electron chi connectivity index (χ0n) is 14.3. The lowest BCUT2D eigenvalue weighted by Gasteiger charge is -2.21. The van der Waals surface area contributed by atoms with E-state index in [0.29, 0.717) is 4.73 Å². The molecule has 2 nitrogen and oxygen atoms in total. The normalized spacial score (nSPS) is 11.1. The maximum absolute atomic E-state index is 14.1. The summed E-state index contributed by atoms with van der Waals surface area (Å²) in [6.07, 6.45) is 0. The molecule has 126 valence electrons. The van der Waals surface area contributed by atoms with Crippen LogP contribution in [-0.4, -0.2) is 4.73 Å². The van der Waals surface area contributed by atoms with E-state index in [1.165, 1.54) is 11.1 Å². The van der Waals surface area contributed by atoms with E-state index in [9.17, 15) is 4.57 Å². The molecular weight excluding hydrogens is 345 g/mol. The zero-order chi connectivity index (χ0) is 17.9. The maximum atomic E-state index is 14.1. The first-order chi connectivity index (χ1) is 12.0. The van der Waals surface area contributed by atoms with Crippen LogP contribution < -0.4 is 15.9 Å². The Morgan fingerprint density at radius 3 is 1.80 bits per heavy atom. The summed E-state index contributed by atoms with van der Waals surface area (Å²) in [5.41, 5.74) is 3.24. The van der Waals surface area contributed by atoms with Gasteiger partial charge in [-0.15, -0.1) is 0 Å². The third-order valence-electron chi connectivity index (χ3n) is 4.28. The van der Waals surface area contributed by atoms with E-state index in [-0.39, 0.29) is 0 Å². The van der Waals surface area contributed by atoms with Gasteiger partial charge in [-0.1, -0.05) is 78.9 Å². The van der Waals surface area contributed by atoms with Crippen LogP contribution in [0.5, 0.6) is 0 Å². The van der Waals surface area contributed by atoms with Gasteiger partial charge in [-0.3, -0.25) is 0 Å². The molecule has 4 heteroatoms. The highest BCUT2D eigenvalue weighted by atomic mass is 32.1. The molecule has 0 heterocycles. The Morgan fingerprint density at radius 1 is 0.800 bits per heavy atom. The van der Waals surface area contributed by atoms with Crippen molar-refractivity contribution in [1.29, 1.82) is 0 Å². The summed E-state index contributed by atoms with van der Waals surface area (Å²) in [4.78, 5) is 0. The summed E-state index contributed by atoms with van der Waals surface area (Å²) in [7, 11) is -3.09. The van der Waals surface area contributed by atoms with Crippen molar-refractivity contribution >= 4 is 40.4 Å². The molecule has 3 aromatic carbocycles. The van der Waals surface area contributed by atoms with Crippen molar-refractivity contribution in [2.45, 2.75) is 13.8 Å². The smallest absolute Gasteiger partial charge is 0.197 e. The van der Waals surface area contributed by atoms with Gasteiger partial charge in [-0.05, 0) is 37.1 Å². The number of nitrogens with one attached hydrogen (secondary N) is 1. The molecule has 0 spiro atoms. The van der Waals surface area contributed by atoms with E-state index in [4.69, 9.17) is 12.2 Å². The molecule has 0 saturated carbocycles. The second-order valence-electron chi connectivity index (χ2n) is 6.01. The number of aryl methyl sites for hydroxylation is 2. The molecule has 0 fully saturated rings. The molecule has 3 rings (SSSR count). The van der Waals surface area contributed by atoms with Crippen LogP contribution in [0, 0.1) is 13.8 Å². The van der Waals surface area contributed by atoms with Gasteiger partial charge in [0.05, 0.1) is 0 Å². The Hall–Kier alpha value is -2.22. The lowest BCUT2D eigenvalue weighted by atomic mass is 10.1. The number of anilines is 1. The first-order valence-corrected chi connectivity index (χ1v) is 10.2. The Kier molecular flexibility index (Phi) is 5.17. The van der Waals surface area contributed by atoms with Gasteiger partial charge in [0.1, 0.15) is 4.73 Å². The predicted molar refractivity (Wildman–Crippen MR) is 112 cm³/mol. The van der Waals surface area contributed by atoms with Gasteiger partial charge in [0, 0.05) is 16.3 Å². The van der Waals surface area contributed by atoms with Gasteiger partial charge in [0.25, 0.3) is 0 Å². The standard InChI is InChI=1S/C21H20NOPS/c1-16-13-14-18(15-17(16)2)22-21(25)24(23,19-9-5-3-6-10-19)20-11-7-4-8-12-20/h3-15H,1-2H3,(H,22,25). The Balaban J connectivity index is 2.04. The predicted octanol–water partition coefficient (Wildman–Crippen LogP) is 5.01. The van der Waals surface area contributed by atoms with E-state index < -0.39 is 7.14 Å². The molecule has 25 heavy (non-hydrogen) atoms. The second kappa shape index (κ2) is 7.35. The van der Waals surface area contributed by atoms with E-state index in [2.05, 4.69) is 19.2 Å². The van der Waals surface area contributed by atoms with Crippen molar-refractivity contribution in [3.8, 4) is 0 Å². The second-order valence-corrected chi connectivity index (χ2v) is 9.42. The molecule has 0 bridgehead atoms. The van der Waals surface area contributed by atoms with Crippen LogP contribution in [0.4, 0.5) is 5.69 Å². The first-order valence-electron chi connectivity index (χ1n) is 8.12. The number of benzene rings is 3. The summed E-state index contributed by atoms with van der Waals surface area (Å²) in [6, 6.07) is 24.9. The molecule has 0 amide bonds. The Bertz CT molecular complexity index is 895. The van der Waals surface area contributed by atoms with E-state index >= 15 is 0 Å². The molecule has 0 atom stereocenters. The Morgan fingerprint density at radius 2 is 1.32 bits per heavy atom. The van der Waals surface area contributed by atoms with Gasteiger partial charge in [-0.25, -0.2) is 0 Å². The van der Waals surface area contributed by atoms with Crippen molar-refractivity contribution in [3.05, 3.63) is 90.0 Å². The molecule has 0 aromatic heterocycles. The summed E-state index contributed by atoms with van der Waals surface area (Å²) < 4.78 is 14.4. The lowest BCUT2D eigenvalue weighted by Crippen LogP contribution is -2.25. The third kappa shape index (κ3) is 3.58. The minimum absolute atomic E-state index is 0.355. The van der Waals surface area contributed by atoms with Crippen molar-refractivity contribution in [3.63, 3.8) is 0 Å². The van der Waals surface area contributed by atoms with Crippen LogP contribution in [0.2, 0.25) is 0 Å². The van der Waals surface area contributed by atoms with Crippen molar-refractivity contribution in [2.75, 3.05) is 5.32 Å². The van der Waals surface area contributed by atoms with Crippen LogP contribution in [0.15, 0.2) is 78.9 Å². The average molecular weight is 365 g/mol. The zero-order valence-corrected chi connectivity index (χ0v) is 16.0. The average Bonchev–Trinajstić information content (AvgIpc) is 2.65. The summed E-state index contributed by atoms with van der Waals surface area (Å²) in [5, 5.41) is 4.69. The largest absolute Gasteiger partial charge is 0.343 e. The minimum atomic E-state index is -3.09. The van der Waals surface area contributed by atoms with Gasteiger partial charge < -0.3 is 9.88 Å². The molecular formula is C21H20NOPS. The SMILES string of the molecule is Cc1ccc(NC(=S)P(=O)(c2ccccc2)c2ccccc2)cc1C. The summed E-state index contributed by atoms with van der Waals surface area (Å²) >= 11 is 5.64. The molecule has 0 unspecified atom stereocenters. The molecule has 0 radical (unpaired) electrons. The van der Waals surface area contributed by atoms with Gasteiger partial charge in [-0.2, -0.15) is 0 Å². The monoisotopic (exact) mass is 365 g/mol. The fourth-order valence-electron chi connectivity index (χ4n) is 2.68. The number of hydrogen-bond acceptors (Lipinski definition) is 2. The number of thiocarbonyl (C=S) groups is 1. The van der Waals surface area contributed by atoms with Crippen LogP contribution in [0.3, 0.4) is 0 Å². The molecule has 3 aromatic rings. The molecule has 0 saturated heterocycles. The van der Waals surface area contributed by atoms with Gasteiger partial charge in [0.2, 0.25) is 0 Å². The molecule has 0 aliphatic carbocycles. The van der Waals surface area contributed by atoms with Gasteiger partial charge in [0.15, 0.2) is 7.14 Å². The highest BCUT2D eigenvalue weighted by Crippen LogP contribution is 2.45. The maximum Gasteiger partial charge on any atom is 0.197 e. The third-order valence-corrected chi connectivity index (χ3v) is 7.89. The first kappa shape index (κ1) is 17.6. The van der Waals surface area contributed by atoms with Crippen LogP contribution >= 0.6 is 19.4 Å². The molecule has 0 aliphatic rings. The number of hydrogen-bond donors (Lipinski definition) is 1. The van der Waals surface area contributed by atoms with Crippen molar-refractivity contribution in [2.24, 2.45) is 0 Å². The highest BCUT2D eigenvalue weighted by molar-refractivity contribution is 8.08. The van der Waals surface area contributed by atoms with Crippen molar-refractivity contribution in [1.82, 2.24) is 0 Å². The topological polar surface area (TPSA) is 29.1 Å². The highest BCUT2D eigenvalue weighted by Gasteiger charge is 2.32. The number of rotatable bonds is 4. The fraction of sp³-hybridized carbons (Fsp3) is 0.0952. The van der Waals surface area contributed by atoms with Crippen molar-refractivity contribution < 1.29 is 4.57 Å².